The lowest BCUT2D eigenvalue weighted by molar-refractivity contribution is -0.144. The van der Waals surface area contributed by atoms with Gasteiger partial charge in [-0.1, -0.05) is 108 Å². The third-order valence-corrected chi connectivity index (χ3v) is 10.3. The van der Waals surface area contributed by atoms with Crippen LogP contribution in [0, 0.1) is 30.6 Å². The minimum atomic E-state index is -0.211. The van der Waals surface area contributed by atoms with Crippen LogP contribution in [0.5, 0.6) is 0 Å². The van der Waals surface area contributed by atoms with Crippen LogP contribution in [0.1, 0.15) is 117 Å². The van der Waals surface area contributed by atoms with E-state index in [0.717, 1.165) is 68.3 Å². The molecule has 0 aliphatic heterocycles. The Morgan fingerprint density at radius 1 is 0.900 bits per heavy atom. The molecule has 264 valence electrons. The average molecular weight is 670 g/mol. The molecule has 50 heavy (non-hydrogen) atoms. The first-order valence-electron chi connectivity index (χ1n) is 19.2. The Bertz CT molecular complexity index is 1860. The zero-order chi connectivity index (χ0) is 35.8. The van der Waals surface area contributed by atoms with Gasteiger partial charge in [0.25, 0.3) is 0 Å². The van der Waals surface area contributed by atoms with E-state index in [2.05, 4.69) is 134 Å². The predicted molar refractivity (Wildman–Crippen MR) is 212 cm³/mol. The van der Waals surface area contributed by atoms with Gasteiger partial charge in [0.15, 0.2) is 0 Å². The zero-order valence-electron chi connectivity index (χ0n) is 31.9. The van der Waals surface area contributed by atoms with E-state index in [1.165, 1.54) is 38.3 Å². The molecule has 4 atom stereocenters. The third kappa shape index (κ3) is 9.83. The van der Waals surface area contributed by atoms with Crippen LogP contribution in [0.3, 0.4) is 0 Å². The summed E-state index contributed by atoms with van der Waals surface area (Å²) in [5, 5.41) is 2.47. The Labute approximate surface area is 302 Å². The van der Waals surface area contributed by atoms with Crippen molar-refractivity contribution in [2.75, 3.05) is 0 Å². The summed E-state index contributed by atoms with van der Waals surface area (Å²) < 4.78 is 6.19. The summed E-state index contributed by atoms with van der Waals surface area (Å²) in [5.41, 5.74) is 10.4. The molecule has 0 amide bonds. The molecule has 1 aromatic carbocycles. The highest BCUT2D eigenvalue weighted by atomic mass is 16.5. The van der Waals surface area contributed by atoms with Crippen molar-refractivity contribution in [3.8, 4) is 0 Å². The number of esters is 1. The summed E-state index contributed by atoms with van der Waals surface area (Å²) in [4.78, 5) is 18.7. The van der Waals surface area contributed by atoms with E-state index in [1.54, 1.807) is 0 Å². The molecule has 3 aliphatic rings. The number of benzene rings is 1. The molecule has 0 bridgehead atoms. The maximum absolute atomic E-state index is 13.7. The van der Waals surface area contributed by atoms with E-state index < -0.39 is 0 Å². The number of pyridine rings is 1. The van der Waals surface area contributed by atoms with E-state index >= 15 is 0 Å². The molecule has 1 heterocycles. The Morgan fingerprint density at radius 2 is 1.70 bits per heavy atom. The molecule has 1 aromatic heterocycles. The lowest BCUT2D eigenvalue weighted by Crippen LogP contribution is -2.26. The quantitative estimate of drug-likeness (QED) is 0.177. The van der Waals surface area contributed by atoms with Gasteiger partial charge in [-0.25, -0.2) is 4.79 Å². The monoisotopic (exact) mass is 669 g/mol. The Morgan fingerprint density at radius 3 is 2.44 bits per heavy atom. The Hall–Kier alpha value is -3.98. The number of nitrogens with zero attached hydrogens (tertiary/aromatic N) is 1. The van der Waals surface area contributed by atoms with Crippen molar-refractivity contribution < 1.29 is 9.53 Å². The molecular weight excluding hydrogens is 611 g/mol. The van der Waals surface area contributed by atoms with E-state index in [9.17, 15) is 4.79 Å². The van der Waals surface area contributed by atoms with Gasteiger partial charge < -0.3 is 4.74 Å². The maximum atomic E-state index is 13.7. The lowest BCUT2D eigenvalue weighted by Gasteiger charge is -2.19. The highest BCUT2D eigenvalue weighted by Gasteiger charge is 2.22. The van der Waals surface area contributed by atoms with Crippen molar-refractivity contribution in [2.24, 2.45) is 23.7 Å². The van der Waals surface area contributed by atoms with Crippen LogP contribution in [-0.2, 0) is 9.53 Å². The van der Waals surface area contributed by atoms with Gasteiger partial charge in [0.05, 0.1) is 11.3 Å². The van der Waals surface area contributed by atoms with Gasteiger partial charge in [-0.2, -0.15) is 0 Å². The number of hydrogen-bond acceptors (Lipinski definition) is 3. The Balaban J connectivity index is 1.59. The van der Waals surface area contributed by atoms with Crippen LogP contribution >= 0.6 is 0 Å². The first-order chi connectivity index (χ1) is 24.0. The van der Waals surface area contributed by atoms with Crippen molar-refractivity contribution >= 4 is 29.3 Å². The molecule has 5 rings (SSSR count). The molecule has 0 radical (unpaired) electrons. The van der Waals surface area contributed by atoms with Crippen molar-refractivity contribution in [3.63, 3.8) is 0 Å². The number of fused-ring (bicyclic) bond motifs is 1. The fourth-order valence-corrected chi connectivity index (χ4v) is 7.50. The topological polar surface area (TPSA) is 39.2 Å². The standard InChI is InChI=1S/C47H59NO2/c1-9-12-43(22-15-31(3)4)50-47(49)39-19-17-36(10-2)27-41(29-39)40-24-32(5)16-18-37-20-21-38(28-42(37)30-40)44-25-33(6)23-34(7)26-45(44)46-14-11-13-35(8)48-46/h11,13-14,17-21,23-24,27-32,34,36,43H,9-10,12,15-16,22,25-26H2,1-8H3/b37-18+,40-24+,42-30-. The highest BCUT2D eigenvalue weighted by Crippen LogP contribution is 2.38. The lowest BCUT2D eigenvalue weighted by atomic mass is 9.89. The SMILES string of the molecule is CCCC(CCC(C)C)OC(=O)C1=CC(C2=C\C(C)C\C=c3/ccc(C4=C(c5cccc(C)n5)CC(C)C=C(C)C4)c/c3=C/2)=CC(CC)C=C1. The zero-order valence-corrected chi connectivity index (χ0v) is 31.9. The van der Waals surface area contributed by atoms with E-state index in [4.69, 9.17) is 9.72 Å². The second-order valence-corrected chi connectivity index (χ2v) is 15.5. The van der Waals surface area contributed by atoms with Crippen LogP contribution in [0.2, 0.25) is 0 Å². The molecule has 2 aromatic rings. The molecule has 3 nitrogen and oxygen atoms in total. The highest BCUT2D eigenvalue weighted by molar-refractivity contribution is 5.93. The third-order valence-electron chi connectivity index (χ3n) is 10.3. The van der Waals surface area contributed by atoms with Crippen LogP contribution < -0.4 is 10.4 Å². The molecule has 3 aliphatic carbocycles. The van der Waals surface area contributed by atoms with Gasteiger partial charge in [0, 0.05) is 5.69 Å². The second-order valence-electron chi connectivity index (χ2n) is 15.5. The van der Waals surface area contributed by atoms with E-state index in [-0.39, 0.29) is 18.0 Å². The van der Waals surface area contributed by atoms with Gasteiger partial charge in [-0.05, 0) is 151 Å². The van der Waals surface area contributed by atoms with Gasteiger partial charge in [0.2, 0.25) is 0 Å². The molecule has 0 spiro atoms. The summed E-state index contributed by atoms with van der Waals surface area (Å²) in [7, 11) is 0. The molecule has 0 saturated heterocycles. The van der Waals surface area contributed by atoms with Gasteiger partial charge in [0.1, 0.15) is 6.10 Å². The molecule has 0 saturated carbocycles. The molecular formula is C47H59NO2. The smallest absolute Gasteiger partial charge is 0.338 e. The number of aromatic nitrogens is 1. The number of carbonyl (C=O) groups excluding carboxylic acids is 1. The van der Waals surface area contributed by atoms with Gasteiger partial charge in [-0.15, -0.1) is 0 Å². The number of ether oxygens (including phenoxy) is 1. The summed E-state index contributed by atoms with van der Waals surface area (Å²) >= 11 is 0. The number of carbonyl (C=O) groups is 1. The number of allylic oxidation sites excluding steroid dienone is 10. The summed E-state index contributed by atoms with van der Waals surface area (Å²) in [6.45, 7) is 17.8. The fraction of sp³-hybridized carbons (Fsp3) is 0.447. The summed E-state index contributed by atoms with van der Waals surface area (Å²) in [6.07, 6.45) is 25.8. The number of hydrogen-bond donors (Lipinski definition) is 0. The van der Waals surface area contributed by atoms with Crippen molar-refractivity contribution in [2.45, 2.75) is 113 Å². The van der Waals surface area contributed by atoms with Crippen molar-refractivity contribution in [1.29, 1.82) is 0 Å². The number of rotatable bonds is 11. The van der Waals surface area contributed by atoms with Crippen LogP contribution in [0.15, 0.2) is 95.1 Å². The first-order valence-corrected chi connectivity index (χ1v) is 19.2. The van der Waals surface area contributed by atoms with Gasteiger partial charge >= 0.3 is 5.97 Å². The minimum Gasteiger partial charge on any atom is -0.459 e. The van der Waals surface area contributed by atoms with Crippen LogP contribution in [0.25, 0.3) is 23.3 Å². The second kappa shape index (κ2) is 17.3. The fourth-order valence-electron chi connectivity index (χ4n) is 7.50. The van der Waals surface area contributed by atoms with Crippen molar-refractivity contribution in [3.05, 3.63) is 123 Å². The average Bonchev–Trinajstić information content (AvgIpc) is 3.38. The molecule has 0 fully saturated rings. The largest absolute Gasteiger partial charge is 0.459 e. The van der Waals surface area contributed by atoms with Crippen LogP contribution in [0.4, 0.5) is 0 Å². The molecule has 3 heteroatoms. The normalized spacial score (nSPS) is 24.0. The van der Waals surface area contributed by atoms with Gasteiger partial charge in [-0.3, -0.25) is 4.98 Å². The number of aryl methyl sites for hydroxylation is 1. The predicted octanol–water partition coefficient (Wildman–Crippen LogP) is 10.8. The first kappa shape index (κ1) is 37.3. The van der Waals surface area contributed by atoms with E-state index in [1.807, 2.05) is 6.08 Å². The summed E-state index contributed by atoms with van der Waals surface area (Å²) in [6, 6.07) is 13.4. The van der Waals surface area contributed by atoms with Crippen molar-refractivity contribution in [1.82, 2.24) is 4.98 Å². The Kier molecular flexibility index (Phi) is 12.9. The minimum absolute atomic E-state index is 0.0467. The van der Waals surface area contributed by atoms with Crippen LogP contribution in [-0.4, -0.2) is 17.1 Å². The summed E-state index contributed by atoms with van der Waals surface area (Å²) in [5.74, 6) is 1.42. The van der Waals surface area contributed by atoms with E-state index in [0.29, 0.717) is 23.3 Å². The molecule has 4 unspecified atom stereocenters. The molecule has 0 N–H and O–H groups in total. The maximum Gasteiger partial charge on any atom is 0.338 e.